The molecule has 0 saturated carbocycles. The molecule has 1 unspecified atom stereocenters. The summed E-state index contributed by atoms with van der Waals surface area (Å²) in [4.78, 5) is 11.5. The van der Waals surface area contributed by atoms with E-state index in [1.807, 2.05) is 6.92 Å². The zero-order valence-electron chi connectivity index (χ0n) is 11.2. The molecule has 0 aliphatic heterocycles. The van der Waals surface area contributed by atoms with Crippen molar-refractivity contribution in [3.05, 3.63) is 35.4 Å². The molecule has 1 atom stereocenters. The van der Waals surface area contributed by atoms with Crippen molar-refractivity contribution in [2.45, 2.75) is 32.7 Å². The van der Waals surface area contributed by atoms with Gasteiger partial charge in [-0.15, -0.1) is 0 Å². The van der Waals surface area contributed by atoms with Crippen LogP contribution in [0.1, 0.15) is 38.3 Å². The van der Waals surface area contributed by atoms with Crippen LogP contribution < -0.4 is 5.32 Å². The third-order valence-corrected chi connectivity index (χ3v) is 2.60. The molecule has 0 aromatic heterocycles. The van der Waals surface area contributed by atoms with Gasteiger partial charge in [0.25, 0.3) is 0 Å². The lowest BCUT2D eigenvalue weighted by Gasteiger charge is -2.18. The van der Waals surface area contributed by atoms with Gasteiger partial charge in [0.1, 0.15) is 11.6 Å². The SMILES string of the molecule is CCCNC(CC(=O)OCC)c1cc(F)cc(F)c1. The van der Waals surface area contributed by atoms with Gasteiger partial charge < -0.3 is 10.1 Å². The van der Waals surface area contributed by atoms with E-state index in [0.29, 0.717) is 12.1 Å². The molecule has 3 nitrogen and oxygen atoms in total. The molecule has 1 N–H and O–H groups in total. The predicted octanol–water partition coefficient (Wildman–Crippen LogP) is 2.96. The van der Waals surface area contributed by atoms with Gasteiger partial charge in [0.05, 0.1) is 13.0 Å². The van der Waals surface area contributed by atoms with Crippen molar-refractivity contribution in [2.24, 2.45) is 0 Å². The van der Waals surface area contributed by atoms with Gasteiger partial charge in [-0.2, -0.15) is 0 Å². The number of ether oxygens (including phenoxy) is 1. The van der Waals surface area contributed by atoms with Crippen molar-refractivity contribution in [3.63, 3.8) is 0 Å². The van der Waals surface area contributed by atoms with Crippen LogP contribution in [-0.2, 0) is 9.53 Å². The fourth-order valence-corrected chi connectivity index (χ4v) is 1.79. The van der Waals surface area contributed by atoms with Crippen LogP contribution in [0.5, 0.6) is 0 Å². The van der Waals surface area contributed by atoms with E-state index in [9.17, 15) is 13.6 Å². The van der Waals surface area contributed by atoms with Gasteiger partial charge in [-0.1, -0.05) is 6.92 Å². The molecule has 1 aromatic rings. The topological polar surface area (TPSA) is 38.3 Å². The molecule has 0 aliphatic carbocycles. The lowest BCUT2D eigenvalue weighted by Crippen LogP contribution is -2.25. The largest absolute Gasteiger partial charge is 0.466 e. The van der Waals surface area contributed by atoms with Crippen LogP contribution in [0.15, 0.2) is 18.2 Å². The Morgan fingerprint density at radius 1 is 1.26 bits per heavy atom. The second kappa shape index (κ2) is 7.84. The van der Waals surface area contributed by atoms with E-state index in [-0.39, 0.29) is 19.0 Å². The Hall–Kier alpha value is -1.49. The van der Waals surface area contributed by atoms with Crippen molar-refractivity contribution in [2.75, 3.05) is 13.2 Å². The summed E-state index contributed by atoms with van der Waals surface area (Å²) < 4.78 is 31.3. The number of hydrogen-bond donors (Lipinski definition) is 1. The van der Waals surface area contributed by atoms with Gasteiger partial charge in [-0.05, 0) is 37.6 Å². The maximum Gasteiger partial charge on any atom is 0.307 e. The summed E-state index contributed by atoms with van der Waals surface area (Å²) in [6, 6.07) is 2.83. The molecule has 0 spiro atoms. The molecule has 0 aliphatic rings. The maximum atomic E-state index is 13.2. The molecule has 19 heavy (non-hydrogen) atoms. The number of nitrogens with one attached hydrogen (secondary N) is 1. The number of esters is 1. The highest BCUT2D eigenvalue weighted by Gasteiger charge is 2.17. The standard InChI is InChI=1S/C14H19F2NO2/c1-3-5-17-13(9-14(18)19-4-2)10-6-11(15)8-12(16)7-10/h6-8,13,17H,3-5,9H2,1-2H3. The minimum Gasteiger partial charge on any atom is -0.466 e. The monoisotopic (exact) mass is 271 g/mol. The predicted molar refractivity (Wildman–Crippen MR) is 68.6 cm³/mol. The number of hydrogen-bond acceptors (Lipinski definition) is 3. The molecule has 0 amide bonds. The fraction of sp³-hybridized carbons (Fsp3) is 0.500. The van der Waals surface area contributed by atoms with Crippen LogP contribution in [-0.4, -0.2) is 19.1 Å². The van der Waals surface area contributed by atoms with E-state index >= 15 is 0 Å². The van der Waals surface area contributed by atoms with E-state index in [0.717, 1.165) is 12.5 Å². The molecular formula is C14H19F2NO2. The van der Waals surface area contributed by atoms with Gasteiger partial charge in [0, 0.05) is 12.1 Å². The Morgan fingerprint density at radius 2 is 1.89 bits per heavy atom. The van der Waals surface area contributed by atoms with Gasteiger partial charge in [-0.3, -0.25) is 4.79 Å². The first kappa shape index (κ1) is 15.6. The highest BCUT2D eigenvalue weighted by molar-refractivity contribution is 5.70. The lowest BCUT2D eigenvalue weighted by molar-refractivity contribution is -0.143. The summed E-state index contributed by atoms with van der Waals surface area (Å²) >= 11 is 0. The Morgan fingerprint density at radius 3 is 2.42 bits per heavy atom. The minimum absolute atomic E-state index is 0.0523. The average Bonchev–Trinajstić information content (AvgIpc) is 2.33. The summed E-state index contributed by atoms with van der Waals surface area (Å²) in [5.41, 5.74) is 0.416. The molecule has 5 heteroatoms. The third-order valence-electron chi connectivity index (χ3n) is 2.60. The van der Waals surface area contributed by atoms with E-state index in [2.05, 4.69) is 5.32 Å². The molecule has 0 saturated heterocycles. The van der Waals surface area contributed by atoms with Crippen molar-refractivity contribution >= 4 is 5.97 Å². The quantitative estimate of drug-likeness (QED) is 0.775. The minimum atomic E-state index is -0.651. The second-order valence-electron chi connectivity index (χ2n) is 4.22. The molecular weight excluding hydrogens is 252 g/mol. The van der Waals surface area contributed by atoms with Crippen LogP contribution in [0.25, 0.3) is 0 Å². The van der Waals surface area contributed by atoms with Crippen molar-refractivity contribution < 1.29 is 18.3 Å². The number of carbonyl (C=O) groups is 1. The molecule has 0 radical (unpaired) electrons. The first-order valence-corrected chi connectivity index (χ1v) is 6.41. The summed E-state index contributed by atoms with van der Waals surface area (Å²) in [7, 11) is 0. The number of rotatable bonds is 7. The first-order chi connectivity index (χ1) is 9.06. The summed E-state index contributed by atoms with van der Waals surface area (Å²) in [5, 5.41) is 3.10. The van der Waals surface area contributed by atoms with Crippen LogP contribution in [0.3, 0.4) is 0 Å². The van der Waals surface area contributed by atoms with Gasteiger partial charge in [0.15, 0.2) is 0 Å². The van der Waals surface area contributed by atoms with E-state index < -0.39 is 17.7 Å². The average molecular weight is 271 g/mol. The lowest BCUT2D eigenvalue weighted by atomic mass is 10.0. The molecule has 106 valence electrons. The van der Waals surface area contributed by atoms with E-state index in [1.54, 1.807) is 6.92 Å². The van der Waals surface area contributed by atoms with Gasteiger partial charge in [-0.25, -0.2) is 8.78 Å². The van der Waals surface area contributed by atoms with Crippen LogP contribution in [0, 0.1) is 11.6 Å². The van der Waals surface area contributed by atoms with E-state index in [1.165, 1.54) is 12.1 Å². The first-order valence-electron chi connectivity index (χ1n) is 6.41. The Balaban J connectivity index is 2.85. The van der Waals surface area contributed by atoms with E-state index in [4.69, 9.17) is 4.74 Å². The Labute approximate surface area is 112 Å². The second-order valence-corrected chi connectivity index (χ2v) is 4.22. The van der Waals surface area contributed by atoms with Crippen LogP contribution in [0.2, 0.25) is 0 Å². The molecule has 0 fully saturated rings. The molecule has 0 bridgehead atoms. The van der Waals surface area contributed by atoms with Gasteiger partial charge in [0.2, 0.25) is 0 Å². The van der Waals surface area contributed by atoms with Crippen molar-refractivity contribution in [3.8, 4) is 0 Å². The summed E-state index contributed by atoms with van der Waals surface area (Å²) in [6.45, 7) is 4.63. The fourth-order valence-electron chi connectivity index (χ4n) is 1.79. The Bertz CT molecular complexity index is 404. The summed E-state index contributed by atoms with van der Waals surface area (Å²) in [5.74, 6) is -1.69. The summed E-state index contributed by atoms with van der Waals surface area (Å²) in [6.07, 6.45) is 0.911. The Kier molecular flexibility index (Phi) is 6.42. The molecule has 1 rings (SSSR count). The zero-order valence-corrected chi connectivity index (χ0v) is 11.2. The number of carbonyl (C=O) groups excluding carboxylic acids is 1. The highest BCUT2D eigenvalue weighted by atomic mass is 19.1. The third kappa shape index (κ3) is 5.34. The van der Waals surface area contributed by atoms with Crippen molar-refractivity contribution in [1.29, 1.82) is 0 Å². The number of halogens is 2. The number of benzene rings is 1. The van der Waals surface area contributed by atoms with Crippen molar-refractivity contribution in [1.82, 2.24) is 5.32 Å². The zero-order chi connectivity index (χ0) is 14.3. The van der Waals surface area contributed by atoms with Crippen LogP contribution in [0.4, 0.5) is 8.78 Å². The molecule has 1 aromatic carbocycles. The normalized spacial score (nSPS) is 12.2. The van der Waals surface area contributed by atoms with Crippen LogP contribution >= 0.6 is 0 Å². The highest BCUT2D eigenvalue weighted by Crippen LogP contribution is 2.20. The smallest absolute Gasteiger partial charge is 0.307 e. The maximum absolute atomic E-state index is 13.2. The molecule has 0 heterocycles. The van der Waals surface area contributed by atoms with Gasteiger partial charge >= 0.3 is 5.97 Å².